The average Bonchev–Trinajstić information content (AvgIpc) is 2.69. The molecule has 8 heteroatoms. The molecule has 1 aliphatic heterocycles. The van der Waals surface area contributed by atoms with E-state index in [2.05, 4.69) is 4.98 Å². The van der Waals surface area contributed by atoms with Crippen LogP contribution in [0.4, 0.5) is 10.2 Å². The van der Waals surface area contributed by atoms with Crippen molar-refractivity contribution >= 4 is 11.8 Å². The van der Waals surface area contributed by atoms with Gasteiger partial charge in [-0.3, -0.25) is 9.69 Å². The molecule has 1 N–H and O–H groups in total. The number of benzene rings is 1. The van der Waals surface area contributed by atoms with E-state index in [1.807, 2.05) is 11.0 Å². The minimum atomic E-state index is -1.05. The van der Waals surface area contributed by atoms with Gasteiger partial charge in [0.2, 0.25) is 0 Å². The van der Waals surface area contributed by atoms with Gasteiger partial charge in [0.25, 0.3) is 0 Å². The van der Waals surface area contributed by atoms with Gasteiger partial charge in [-0.05, 0) is 30.3 Å². The van der Waals surface area contributed by atoms with Crippen LogP contribution in [0.2, 0.25) is 0 Å². The Hall–Kier alpha value is -3.18. The number of piperazine rings is 1. The molecule has 1 unspecified atom stereocenters. The fraction of sp³-hybridized carbons (Fsp3) is 0.316. The Morgan fingerprint density at radius 2 is 2.04 bits per heavy atom. The largest absolute Gasteiger partial charge is 0.496 e. The molecular formula is C19H19FN4O3. The van der Waals surface area contributed by atoms with Crippen LogP contribution in [0.25, 0.3) is 0 Å². The Kier molecular flexibility index (Phi) is 5.52. The van der Waals surface area contributed by atoms with Gasteiger partial charge in [-0.25, -0.2) is 9.37 Å². The van der Waals surface area contributed by atoms with Crippen LogP contribution < -0.4 is 9.64 Å². The van der Waals surface area contributed by atoms with Gasteiger partial charge in [-0.15, -0.1) is 0 Å². The van der Waals surface area contributed by atoms with Crippen molar-refractivity contribution in [1.82, 2.24) is 9.88 Å². The molecule has 140 valence electrons. The van der Waals surface area contributed by atoms with Crippen molar-refractivity contribution in [1.29, 1.82) is 5.26 Å². The monoisotopic (exact) mass is 370 g/mol. The SMILES string of the molecule is COc1ccc(F)cc1C(C(=O)O)N1CCN(c2ccc(C#N)cn2)CC1. The number of carboxylic acids is 1. The van der Waals surface area contributed by atoms with E-state index in [0.717, 1.165) is 5.82 Å². The number of carbonyl (C=O) groups is 1. The first-order valence-corrected chi connectivity index (χ1v) is 8.45. The lowest BCUT2D eigenvalue weighted by Crippen LogP contribution is -2.49. The van der Waals surface area contributed by atoms with Crippen LogP contribution in [0.15, 0.2) is 36.5 Å². The highest BCUT2D eigenvalue weighted by molar-refractivity contribution is 5.77. The number of ether oxygens (including phenoxy) is 1. The third kappa shape index (κ3) is 3.99. The molecule has 1 atom stereocenters. The third-order valence-corrected chi connectivity index (χ3v) is 4.60. The standard InChI is InChI=1S/C19H19FN4O3/c1-27-16-4-3-14(20)10-15(16)18(19(25)26)24-8-6-23(7-9-24)17-5-2-13(11-21)12-22-17/h2-5,10,12,18H,6-9H2,1H3,(H,25,26). The Labute approximate surface area is 156 Å². The van der Waals surface area contributed by atoms with E-state index in [4.69, 9.17) is 10.00 Å². The van der Waals surface area contributed by atoms with E-state index in [1.165, 1.54) is 31.5 Å². The molecule has 1 saturated heterocycles. The first-order valence-electron chi connectivity index (χ1n) is 8.45. The van der Waals surface area contributed by atoms with Gasteiger partial charge in [0.1, 0.15) is 29.5 Å². The van der Waals surface area contributed by atoms with E-state index in [9.17, 15) is 14.3 Å². The number of anilines is 1. The molecule has 1 aliphatic rings. The number of nitriles is 1. The van der Waals surface area contributed by atoms with Crippen LogP contribution in [0, 0.1) is 17.1 Å². The number of carboxylic acid groups (broad SMARTS) is 1. The van der Waals surface area contributed by atoms with E-state index in [1.54, 1.807) is 17.0 Å². The molecule has 0 aliphatic carbocycles. The van der Waals surface area contributed by atoms with Gasteiger partial charge < -0.3 is 14.7 Å². The summed E-state index contributed by atoms with van der Waals surface area (Å²) in [6.07, 6.45) is 1.51. The van der Waals surface area contributed by atoms with Crippen molar-refractivity contribution < 1.29 is 19.0 Å². The highest BCUT2D eigenvalue weighted by atomic mass is 19.1. The summed E-state index contributed by atoms with van der Waals surface area (Å²) in [7, 11) is 1.43. The van der Waals surface area contributed by atoms with E-state index in [0.29, 0.717) is 43.1 Å². The highest BCUT2D eigenvalue weighted by Crippen LogP contribution is 2.31. The summed E-state index contributed by atoms with van der Waals surface area (Å²) in [5.74, 6) is -0.467. The molecule has 1 fully saturated rings. The van der Waals surface area contributed by atoms with Crippen molar-refractivity contribution in [2.45, 2.75) is 6.04 Å². The van der Waals surface area contributed by atoms with Crippen LogP contribution in [0.1, 0.15) is 17.2 Å². The van der Waals surface area contributed by atoms with Crippen LogP contribution in [0.5, 0.6) is 5.75 Å². The molecule has 0 radical (unpaired) electrons. The predicted octanol–water partition coefficient (Wildman–Crippen LogP) is 2.05. The van der Waals surface area contributed by atoms with Crippen LogP contribution in [-0.4, -0.2) is 54.2 Å². The highest BCUT2D eigenvalue weighted by Gasteiger charge is 2.33. The molecule has 0 saturated carbocycles. The fourth-order valence-corrected chi connectivity index (χ4v) is 3.25. The Morgan fingerprint density at radius 3 is 2.59 bits per heavy atom. The van der Waals surface area contributed by atoms with Gasteiger partial charge in [-0.1, -0.05) is 0 Å². The average molecular weight is 370 g/mol. The van der Waals surface area contributed by atoms with Crippen LogP contribution in [0.3, 0.4) is 0 Å². The number of nitrogens with zero attached hydrogens (tertiary/aromatic N) is 4. The summed E-state index contributed by atoms with van der Waals surface area (Å²) >= 11 is 0. The van der Waals surface area contributed by atoms with E-state index >= 15 is 0 Å². The lowest BCUT2D eigenvalue weighted by atomic mass is 10.0. The molecule has 2 aromatic rings. The third-order valence-electron chi connectivity index (χ3n) is 4.60. The summed E-state index contributed by atoms with van der Waals surface area (Å²) in [4.78, 5) is 20.0. The maximum absolute atomic E-state index is 13.7. The summed E-state index contributed by atoms with van der Waals surface area (Å²) in [5.41, 5.74) is 0.788. The lowest BCUT2D eigenvalue weighted by Gasteiger charge is -2.38. The van der Waals surface area contributed by atoms with E-state index < -0.39 is 17.8 Å². The van der Waals surface area contributed by atoms with Crippen molar-refractivity contribution in [3.63, 3.8) is 0 Å². The molecule has 0 bridgehead atoms. The summed E-state index contributed by atoms with van der Waals surface area (Å²) < 4.78 is 18.9. The molecule has 1 aromatic carbocycles. The normalized spacial score (nSPS) is 15.8. The minimum absolute atomic E-state index is 0.301. The maximum atomic E-state index is 13.7. The lowest BCUT2D eigenvalue weighted by molar-refractivity contribution is -0.143. The number of aromatic nitrogens is 1. The Balaban J connectivity index is 1.77. The van der Waals surface area contributed by atoms with E-state index in [-0.39, 0.29) is 0 Å². The number of rotatable bonds is 5. The molecule has 0 spiro atoms. The predicted molar refractivity (Wildman–Crippen MR) is 96.1 cm³/mol. The molecule has 2 heterocycles. The molecule has 3 rings (SSSR count). The maximum Gasteiger partial charge on any atom is 0.325 e. The van der Waals surface area contributed by atoms with Gasteiger partial charge >= 0.3 is 5.97 Å². The van der Waals surface area contributed by atoms with Crippen LogP contribution >= 0.6 is 0 Å². The minimum Gasteiger partial charge on any atom is -0.496 e. The quantitative estimate of drug-likeness (QED) is 0.861. The molecule has 1 aromatic heterocycles. The Morgan fingerprint density at radius 1 is 1.30 bits per heavy atom. The second-order valence-corrected chi connectivity index (χ2v) is 6.17. The summed E-state index contributed by atoms with van der Waals surface area (Å²) in [6, 6.07) is 8.41. The van der Waals surface area contributed by atoms with Gasteiger partial charge in [0.05, 0.1) is 12.7 Å². The zero-order chi connectivity index (χ0) is 19.4. The zero-order valence-electron chi connectivity index (χ0n) is 14.8. The topological polar surface area (TPSA) is 89.7 Å². The second-order valence-electron chi connectivity index (χ2n) is 6.17. The van der Waals surface area contributed by atoms with Gasteiger partial charge in [-0.2, -0.15) is 5.26 Å². The van der Waals surface area contributed by atoms with Crippen molar-refractivity contribution in [3.8, 4) is 11.8 Å². The number of halogens is 1. The molecule has 27 heavy (non-hydrogen) atoms. The Bertz CT molecular complexity index is 858. The second kappa shape index (κ2) is 8.01. The van der Waals surface area contributed by atoms with Crippen LogP contribution in [-0.2, 0) is 4.79 Å². The number of aliphatic carboxylic acids is 1. The fourth-order valence-electron chi connectivity index (χ4n) is 3.25. The number of methoxy groups -OCH3 is 1. The van der Waals surface area contributed by atoms with Gasteiger partial charge in [0, 0.05) is 37.9 Å². The zero-order valence-corrected chi connectivity index (χ0v) is 14.8. The smallest absolute Gasteiger partial charge is 0.325 e. The summed E-state index contributed by atoms with van der Waals surface area (Å²) in [5, 5.41) is 18.6. The number of pyridine rings is 1. The number of hydrogen-bond acceptors (Lipinski definition) is 6. The van der Waals surface area contributed by atoms with Crippen molar-refractivity contribution in [2.24, 2.45) is 0 Å². The molecule has 7 nitrogen and oxygen atoms in total. The summed E-state index contributed by atoms with van der Waals surface area (Å²) in [6.45, 7) is 2.08. The first kappa shape index (κ1) is 18.6. The van der Waals surface area contributed by atoms with Crippen molar-refractivity contribution in [2.75, 3.05) is 38.2 Å². The van der Waals surface area contributed by atoms with Crippen molar-refractivity contribution in [3.05, 3.63) is 53.5 Å². The number of hydrogen-bond donors (Lipinski definition) is 1. The molecular weight excluding hydrogens is 351 g/mol. The molecule has 0 amide bonds. The first-order chi connectivity index (χ1) is 13.0. The van der Waals surface area contributed by atoms with Gasteiger partial charge in [0.15, 0.2) is 0 Å².